The van der Waals surface area contributed by atoms with Crippen molar-refractivity contribution in [2.75, 3.05) is 6.61 Å². The Labute approximate surface area is 210 Å². The van der Waals surface area contributed by atoms with Gasteiger partial charge in [-0.15, -0.1) is 0 Å². The third kappa shape index (κ3) is 6.21. The minimum absolute atomic E-state index is 0.148. The van der Waals surface area contributed by atoms with Crippen molar-refractivity contribution < 1.29 is 47.7 Å². The van der Waals surface area contributed by atoms with E-state index in [9.17, 15) is 24.0 Å². The molecular formula is C26H34O10. The zero-order chi connectivity index (χ0) is 26.7. The van der Waals surface area contributed by atoms with Gasteiger partial charge in [0.25, 0.3) is 0 Å². The summed E-state index contributed by atoms with van der Waals surface area (Å²) in [6.45, 7) is 11.1. The lowest BCUT2D eigenvalue weighted by molar-refractivity contribution is -0.273. The number of Topliss-reactive ketones (excluding diaryl/α,β-unsaturated/α-hetero) is 1. The molecule has 0 amide bonds. The highest BCUT2D eigenvalue weighted by atomic mass is 16.7. The number of esters is 4. The molecule has 2 fully saturated rings. The Morgan fingerprint density at radius 2 is 1.50 bits per heavy atom. The van der Waals surface area contributed by atoms with Crippen LogP contribution in [0.1, 0.15) is 60.3 Å². The van der Waals surface area contributed by atoms with E-state index in [2.05, 4.69) is 13.5 Å². The maximum Gasteiger partial charge on any atom is 0.336 e. The summed E-state index contributed by atoms with van der Waals surface area (Å²) in [6, 6.07) is 0. The van der Waals surface area contributed by atoms with Crippen molar-refractivity contribution in [1.82, 2.24) is 0 Å². The van der Waals surface area contributed by atoms with E-state index in [1.165, 1.54) is 6.92 Å². The van der Waals surface area contributed by atoms with Crippen LogP contribution in [0.5, 0.6) is 0 Å². The molecule has 0 radical (unpaired) electrons. The van der Waals surface area contributed by atoms with Gasteiger partial charge < -0.3 is 23.7 Å². The Morgan fingerprint density at radius 1 is 0.889 bits per heavy atom. The van der Waals surface area contributed by atoms with Crippen LogP contribution in [0.2, 0.25) is 0 Å². The summed E-state index contributed by atoms with van der Waals surface area (Å²) in [5.74, 6) is -2.42. The van der Waals surface area contributed by atoms with E-state index < -0.39 is 48.5 Å². The van der Waals surface area contributed by atoms with Gasteiger partial charge in [0.1, 0.15) is 0 Å². The third-order valence-corrected chi connectivity index (χ3v) is 7.16. The Bertz CT molecular complexity index is 979. The van der Waals surface area contributed by atoms with Crippen LogP contribution in [0.4, 0.5) is 0 Å². The fraction of sp³-hybridized carbons (Fsp3) is 0.654. The zero-order valence-electron chi connectivity index (χ0n) is 21.4. The van der Waals surface area contributed by atoms with Gasteiger partial charge in [0.05, 0.1) is 6.61 Å². The number of rotatable bonds is 6. The van der Waals surface area contributed by atoms with Gasteiger partial charge >= 0.3 is 23.9 Å². The molecule has 3 rings (SSSR count). The summed E-state index contributed by atoms with van der Waals surface area (Å²) < 4.78 is 26.9. The number of hydrogen-bond acceptors (Lipinski definition) is 10. The van der Waals surface area contributed by atoms with Crippen molar-refractivity contribution in [3.05, 3.63) is 23.3 Å². The number of carbonyl (C=O) groups excluding carboxylic acids is 5. The molecule has 0 aromatic rings. The van der Waals surface area contributed by atoms with E-state index in [1.807, 2.05) is 6.92 Å². The van der Waals surface area contributed by atoms with Gasteiger partial charge in [0.15, 0.2) is 18.0 Å². The predicted molar refractivity (Wildman–Crippen MR) is 124 cm³/mol. The van der Waals surface area contributed by atoms with E-state index in [0.29, 0.717) is 25.2 Å². The summed E-state index contributed by atoms with van der Waals surface area (Å²) in [5.41, 5.74) is 2.07. The number of carbonyl (C=O) groups is 5. The molecule has 36 heavy (non-hydrogen) atoms. The van der Waals surface area contributed by atoms with E-state index in [4.69, 9.17) is 23.7 Å². The number of allylic oxidation sites excluding steroid dienone is 2. The fourth-order valence-electron chi connectivity index (χ4n) is 5.27. The predicted octanol–water partition coefficient (Wildman–Crippen LogP) is 2.58. The number of fused-ring (bicyclic) bond motifs is 1. The third-order valence-electron chi connectivity index (χ3n) is 7.16. The Kier molecular flexibility index (Phi) is 8.71. The first-order chi connectivity index (χ1) is 16.9. The van der Waals surface area contributed by atoms with E-state index in [1.54, 1.807) is 0 Å². The molecule has 0 N–H and O–H groups in total. The van der Waals surface area contributed by atoms with Crippen LogP contribution in [0.25, 0.3) is 0 Å². The molecule has 0 bridgehead atoms. The largest absolute Gasteiger partial charge is 0.456 e. The standard InChI is InChI=1S/C26H34O10/c1-12-7-8-18(9-20-14(3)21(30)10-19(12)20)13(2)25(31)36-26-24(35-17(6)29)23(34-16(5)28)22(11-32-26)33-15(4)27/h12,18-19,22-24,26H,2,7-11H2,1,3-6H3/t12-,18+,19-,22+,23+,24-,26+/m1/s1. The molecule has 1 heterocycles. The normalized spacial score (nSPS) is 32.1. The molecule has 1 saturated carbocycles. The lowest BCUT2D eigenvalue weighted by Crippen LogP contribution is -2.58. The smallest absolute Gasteiger partial charge is 0.336 e. The molecule has 2 aliphatic carbocycles. The molecule has 198 valence electrons. The average Bonchev–Trinajstić information content (AvgIpc) is 2.96. The molecular weight excluding hydrogens is 472 g/mol. The van der Waals surface area contributed by atoms with E-state index in [0.717, 1.165) is 31.4 Å². The van der Waals surface area contributed by atoms with Crippen LogP contribution in [-0.2, 0) is 47.7 Å². The number of ketones is 1. The number of ether oxygens (including phenoxy) is 5. The van der Waals surface area contributed by atoms with Crippen LogP contribution < -0.4 is 0 Å². The van der Waals surface area contributed by atoms with Crippen LogP contribution in [0.15, 0.2) is 23.3 Å². The van der Waals surface area contributed by atoms with Crippen LogP contribution >= 0.6 is 0 Å². The molecule has 0 spiro atoms. The highest BCUT2D eigenvalue weighted by molar-refractivity contribution is 5.98. The Balaban J connectivity index is 1.78. The summed E-state index contributed by atoms with van der Waals surface area (Å²) >= 11 is 0. The first-order valence-electron chi connectivity index (χ1n) is 12.1. The van der Waals surface area contributed by atoms with Crippen molar-refractivity contribution in [2.45, 2.75) is 84.9 Å². The second-order valence-electron chi connectivity index (χ2n) is 9.77. The second-order valence-corrected chi connectivity index (χ2v) is 9.77. The van der Waals surface area contributed by atoms with E-state index in [-0.39, 0.29) is 29.8 Å². The average molecular weight is 507 g/mol. The Hall–Kier alpha value is -3.01. The van der Waals surface area contributed by atoms with Gasteiger partial charge in [-0.2, -0.15) is 0 Å². The van der Waals surface area contributed by atoms with Gasteiger partial charge in [-0.25, -0.2) is 4.79 Å². The van der Waals surface area contributed by atoms with Gasteiger partial charge in [-0.1, -0.05) is 19.1 Å². The lowest BCUT2D eigenvalue weighted by Gasteiger charge is -2.39. The van der Waals surface area contributed by atoms with Crippen LogP contribution in [0, 0.1) is 17.8 Å². The number of hydrogen-bond donors (Lipinski definition) is 0. The first kappa shape index (κ1) is 27.6. The quantitative estimate of drug-likeness (QED) is 0.301. The molecule has 0 unspecified atom stereocenters. The van der Waals surface area contributed by atoms with Crippen molar-refractivity contribution in [3.8, 4) is 0 Å². The van der Waals surface area contributed by atoms with Crippen LogP contribution in [0.3, 0.4) is 0 Å². The van der Waals surface area contributed by atoms with Gasteiger partial charge in [0, 0.05) is 32.8 Å². The minimum atomic E-state index is -1.42. The SMILES string of the molecule is C=C(C(=O)O[C@@H]1OC[C@H](OC(C)=O)[C@H](OC(C)=O)[C@H]1OC(C)=O)[C@H]1CC[C@@H](C)[C@H]2CC(=O)C(C)=C2C1. The maximum atomic E-state index is 13.1. The molecule has 3 aliphatic rings. The fourth-order valence-corrected chi connectivity index (χ4v) is 5.27. The maximum absolute atomic E-state index is 13.1. The first-order valence-corrected chi connectivity index (χ1v) is 12.1. The molecule has 1 saturated heterocycles. The van der Waals surface area contributed by atoms with Crippen LogP contribution in [-0.4, -0.2) is 60.9 Å². The van der Waals surface area contributed by atoms with Gasteiger partial charge in [0.2, 0.25) is 12.4 Å². The Morgan fingerprint density at radius 3 is 2.11 bits per heavy atom. The second kappa shape index (κ2) is 11.4. The van der Waals surface area contributed by atoms with E-state index >= 15 is 0 Å². The molecule has 10 heteroatoms. The molecule has 1 aliphatic heterocycles. The summed E-state index contributed by atoms with van der Waals surface area (Å²) in [7, 11) is 0. The van der Waals surface area contributed by atoms with Gasteiger partial charge in [-0.3, -0.25) is 19.2 Å². The lowest BCUT2D eigenvalue weighted by atomic mass is 9.86. The van der Waals surface area contributed by atoms with Crippen molar-refractivity contribution in [3.63, 3.8) is 0 Å². The molecule has 7 atom stereocenters. The van der Waals surface area contributed by atoms with Crippen molar-refractivity contribution in [1.29, 1.82) is 0 Å². The summed E-state index contributed by atoms with van der Waals surface area (Å²) in [4.78, 5) is 60.5. The topological polar surface area (TPSA) is 132 Å². The zero-order valence-corrected chi connectivity index (χ0v) is 21.4. The van der Waals surface area contributed by atoms with Gasteiger partial charge in [-0.05, 0) is 49.5 Å². The van der Waals surface area contributed by atoms with Crippen molar-refractivity contribution >= 4 is 29.7 Å². The highest BCUT2D eigenvalue weighted by Gasteiger charge is 2.49. The highest BCUT2D eigenvalue weighted by Crippen LogP contribution is 2.45. The van der Waals surface area contributed by atoms with Crippen molar-refractivity contribution in [2.24, 2.45) is 17.8 Å². The summed E-state index contributed by atoms with van der Waals surface area (Å²) in [6.07, 6.45) is -2.49. The molecule has 0 aromatic heterocycles. The molecule has 10 nitrogen and oxygen atoms in total. The minimum Gasteiger partial charge on any atom is -0.456 e. The molecule has 0 aromatic carbocycles. The monoisotopic (exact) mass is 506 g/mol. The summed E-state index contributed by atoms with van der Waals surface area (Å²) in [5, 5.41) is 0.